The number of fused-ring (bicyclic) bond motifs is 2. The van der Waals surface area contributed by atoms with Gasteiger partial charge in [-0.15, -0.1) is 0 Å². The number of imide groups is 2. The fourth-order valence-electron chi connectivity index (χ4n) is 10.1. The summed E-state index contributed by atoms with van der Waals surface area (Å²) in [4.78, 5) is 61.6. The number of amides is 4. The number of anilines is 2. The Labute approximate surface area is 317 Å². The predicted molar refractivity (Wildman–Crippen MR) is 213 cm³/mol. The molecule has 0 bridgehead atoms. The molecule has 4 aliphatic carbocycles. The van der Waals surface area contributed by atoms with E-state index >= 15 is 0 Å². The average molecular weight is 715 g/mol. The highest BCUT2D eigenvalue weighted by molar-refractivity contribution is 6.32. The molecule has 0 radical (unpaired) electrons. The van der Waals surface area contributed by atoms with Crippen LogP contribution < -0.4 is 9.80 Å². The highest BCUT2D eigenvalue weighted by Gasteiger charge is 2.53. The minimum absolute atomic E-state index is 0.114. The molecule has 0 aromatic heterocycles. The molecule has 4 unspecified atom stereocenters. The van der Waals surface area contributed by atoms with Crippen molar-refractivity contribution in [2.45, 2.75) is 96.8 Å². The quantitative estimate of drug-likeness (QED) is 0.188. The molecule has 6 aliphatic rings. The van der Waals surface area contributed by atoms with Gasteiger partial charge in [0.2, 0.25) is 5.91 Å². The lowest BCUT2D eigenvalue weighted by Crippen LogP contribution is -2.49. The second-order valence-corrected chi connectivity index (χ2v) is 16.9. The van der Waals surface area contributed by atoms with E-state index < -0.39 is 5.92 Å². The van der Waals surface area contributed by atoms with E-state index in [-0.39, 0.29) is 65.1 Å². The lowest BCUT2D eigenvalue weighted by Gasteiger charge is -2.49. The highest BCUT2D eigenvalue weighted by atomic mass is 16.2. The number of hydrogen-bond donors (Lipinski definition) is 0. The first kappa shape index (κ1) is 34.4. The molecule has 3 aromatic rings. The summed E-state index contributed by atoms with van der Waals surface area (Å²) < 4.78 is 0. The van der Waals surface area contributed by atoms with Gasteiger partial charge in [-0.25, -0.2) is 9.80 Å². The van der Waals surface area contributed by atoms with Crippen molar-refractivity contribution in [2.75, 3.05) is 9.80 Å². The van der Waals surface area contributed by atoms with Crippen LogP contribution in [-0.2, 0) is 14.4 Å². The first-order chi connectivity index (χ1) is 25.8. The van der Waals surface area contributed by atoms with Crippen molar-refractivity contribution in [3.8, 4) is 0 Å². The van der Waals surface area contributed by atoms with Gasteiger partial charge in [-0.1, -0.05) is 134 Å². The van der Waals surface area contributed by atoms with E-state index in [0.29, 0.717) is 22.4 Å². The van der Waals surface area contributed by atoms with Gasteiger partial charge in [0.05, 0.1) is 17.3 Å². The summed E-state index contributed by atoms with van der Waals surface area (Å²) in [5, 5.41) is 0. The van der Waals surface area contributed by atoms with Crippen LogP contribution >= 0.6 is 0 Å². The smallest absolute Gasteiger partial charge is 0.265 e. The number of carbonyl (C=O) groups excluding carboxylic acids is 4. The van der Waals surface area contributed by atoms with Gasteiger partial charge in [-0.05, 0) is 80.3 Å². The van der Waals surface area contributed by atoms with Gasteiger partial charge in [-0.3, -0.25) is 19.2 Å². The highest BCUT2D eigenvalue weighted by Crippen LogP contribution is 2.60. The zero-order valence-corrected chi connectivity index (χ0v) is 32.2. The van der Waals surface area contributed by atoms with Crippen LogP contribution in [0.3, 0.4) is 0 Å². The van der Waals surface area contributed by atoms with E-state index in [9.17, 15) is 19.2 Å². The number of allylic oxidation sites excluding steroid dienone is 5. The Kier molecular flexibility index (Phi) is 7.69. The number of rotatable bonds is 6. The van der Waals surface area contributed by atoms with E-state index in [4.69, 9.17) is 0 Å². The van der Waals surface area contributed by atoms with Gasteiger partial charge in [0, 0.05) is 34.5 Å². The predicted octanol–water partition coefficient (Wildman–Crippen LogP) is 10.1. The number of benzene rings is 3. The fraction of sp³-hybridized carbons (Fsp3) is 0.333. The zero-order valence-electron chi connectivity index (χ0n) is 32.2. The van der Waals surface area contributed by atoms with Crippen LogP contribution in [0.5, 0.6) is 0 Å². The van der Waals surface area contributed by atoms with E-state index in [1.54, 1.807) is 0 Å². The zero-order chi connectivity index (χ0) is 38.1. The second-order valence-electron chi connectivity index (χ2n) is 16.9. The van der Waals surface area contributed by atoms with Crippen LogP contribution in [0.15, 0.2) is 107 Å². The molecule has 9 rings (SSSR count). The van der Waals surface area contributed by atoms with Crippen molar-refractivity contribution in [3.63, 3.8) is 0 Å². The summed E-state index contributed by atoms with van der Waals surface area (Å²) in [6.07, 6.45) is 12.1. The molecular formula is C48H46N2O4. The molecule has 0 saturated heterocycles. The topological polar surface area (TPSA) is 74.8 Å². The molecule has 4 atom stereocenters. The first-order valence-electron chi connectivity index (χ1n) is 19.6. The van der Waals surface area contributed by atoms with Gasteiger partial charge < -0.3 is 0 Å². The van der Waals surface area contributed by atoms with Gasteiger partial charge >= 0.3 is 0 Å². The average Bonchev–Trinajstić information content (AvgIpc) is 3.15. The summed E-state index contributed by atoms with van der Waals surface area (Å²) in [6, 6.07) is 16.1. The Bertz CT molecular complexity index is 2360. The molecule has 4 amide bonds. The Morgan fingerprint density at radius 3 is 1.69 bits per heavy atom. The molecule has 6 nitrogen and oxygen atoms in total. The Hall–Kier alpha value is -5.36. The maximum absolute atomic E-state index is 14.7. The number of carbonyl (C=O) groups is 4. The standard InChI is InChI=1S/C48H46N2O4/c1-23(2)27-11-9-12-28(24(3)4)43(27)49-45(51)35-19-15-31-33-17-21-37-42-38(22-18-34(40(33)42)32-16-20-36(46(49)52)41(35)39(31)32)48(54)50(47(37)53)44-29(25(5)6)13-10-14-30(44)26(7)8/h9-26,31,34-35,40H,1-8H3. The third kappa shape index (κ3) is 4.52. The van der Waals surface area contributed by atoms with Crippen LogP contribution in [0.2, 0.25) is 0 Å². The summed E-state index contributed by atoms with van der Waals surface area (Å²) in [5.41, 5.74) is 11.8. The summed E-state index contributed by atoms with van der Waals surface area (Å²) >= 11 is 0. The van der Waals surface area contributed by atoms with E-state index in [1.807, 2.05) is 60.7 Å². The van der Waals surface area contributed by atoms with E-state index in [1.165, 1.54) is 9.80 Å². The molecular weight excluding hydrogens is 669 g/mol. The van der Waals surface area contributed by atoms with Crippen molar-refractivity contribution in [1.82, 2.24) is 0 Å². The van der Waals surface area contributed by atoms with Crippen LogP contribution in [0.4, 0.5) is 11.4 Å². The molecule has 2 heterocycles. The monoisotopic (exact) mass is 714 g/mol. The van der Waals surface area contributed by atoms with E-state index in [0.717, 1.165) is 55.8 Å². The second kappa shape index (κ2) is 12.1. The Morgan fingerprint density at radius 1 is 0.556 bits per heavy atom. The van der Waals surface area contributed by atoms with Crippen molar-refractivity contribution in [3.05, 3.63) is 152 Å². The number of para-hydroxylation sites is 2. The van der Waals surface area contributed by atoms with Crippen LogP contribution in [0.1, 0.15) is 146 Å². The molecule has 272 valence electrons. The molecule has 0 spiro atoms. The summed E-state index contributed by atoms with van der Waals surface area (Å²) in [6.45, 7) is 16.8. The largest absolute Gasteiger partial charge is 0.273 e. The molecule has 0 saturated carbocycles. The number of nitrogens with zero attached hydrogens (tertiary/aromatic N) is 2. The van der Waals surface area contributed by atoms with Crippen molar-refractivity contribution < 1.29 is 19.2 Å². The molecule has 54 heavy (non-hydrogen) atoms. The van der Waals surface area contributed by atoms with E-state index in [2.05, 4.69) is 79.7 Å². The molecule has 0 N–H and O–H groups in total. The third-order valence-electron chi connectivity index (χ3n) is 12.6. The normalized spacial score (nSPS) is 23.6. The lowest BCUT2D eigenvalue weighted by molar-refractivity contribution is -0.123. The summed E-state index contributed by atoms with van der Waals surface area (Å²) in [7, 11) is 0. The molecule has 6 heteroatoms. The third-order valence-corrected chi connectivity index (χ3v) is 12.6. The van der Waals surface area contributed by atoms with Gasteiger partial charge in [-0.2, -0.15) is 0 Å². The Balaban J connectivity index is 1.19. The van der Waals surface area contributed by atoms with Crippen molar-refractivity contribution >= 4 is 35.0 Å². The molecule has 3 aromatic carbocycles. The maximum atomic E-state index is 14.7. The number of hydrogen-bond acceptors (Lipinski definition) is 4. The Morgan fingerprint density at radius 2 is 1.11 bits per heavy atom. The molecule has 0 fully saturated rings. The van der Waals surface area contributed by atoms with Crippen LogP contribution in [0, 0.1) is 5.92 Å². The van der Waals surface area contributed by atoms with Crippen LogP contribution in [0.25, 0.3) is 0 Å². The summed E-state index contributed by atoms with van der Waals surface area (Å²) in [5.74, 6) is -1.75. The maximum Gasteiger partial charge on any atom is 0.265 e. The fourth-order valence-corrected chi connectivity index (χ4v) is 10.1. The molecule has 2 aliphatic heterocycles. The van der Waals surface area contributed by atoms with Crippen LogP contribution in [-0.4, -0.2) is 23.6 Å². The lowest BCUT2D eigenvalue weighted by atomic mass is 9.56. The minimum Gasteiger partial charge on any atom is -0.273 e. The van der Waals surface area contributed by atoms with Gasteiger partial charge in [0.25, 0.3) is 17.7 Å². The van der Waals surface area contributed by atoms with Gasteiger partial charge in [0.1, 0.15) is 0 Å². The van der Waals surface area contributed by atoms with Gasteiger partial charge in [0.15, 0.2) is 0 Å². The first-order valence-corrected chi connectivity index (χ1v) is 19.6. The van der Waals surface area contributed by atoms with Crippen molar-refractivity contribution in [1.29, 1.82) is 0 Å². The minimum atomic E-state index is -0.596. The van der Waals surface area contributed by atoms with Crippen molar-refractivity contribution in [2.24, 2.45) is 5.92 Å². The SMILES string of the molecule is CC(C)c1cccc(C(C)C)c1N1C(=O)C2=CC=C3C4C=CC5C(=O)N(c6c(C(C)C)cccc6C(C)C)C(=O)c6ccc(c4c65)C4C=CC(=C2C34)C1=O.